The van der Waals surface area contributed by atoms with Gasteiger partial charge < -0.3 is 10.2 Å². The Balaban J connectivity index is 1.72. The summed E-state index contributed by atoms with van der Waals surface area (Å²) in [5, 5.41) is 3.13. The number of hydrogen-bond donors (Lipinski definition) is 1. The van der Waals surface area contributed by atoms with Gasteiger partial charge in [0.1, 0.15) is 5.82 Å². The lowest BCUT2D eigenvalue weighted by molar-refractivity contribution is -0.137. The number of halogens is 1. The van der Waals surface area contributed by atoms with Gasteiger partial charge in [-0.1, -0.05) is 0 Å². The highest BCUT2D eigenvalue weighted by atomic mass is 32.2. The molecule has 2 heterocycles. The molecule has 2 aliphatic heterocycles. The summed E-state index contributed by atoms with van der Waals surface area (Å²) in [6.45, 7) is 2.09. The Morgan fingerprint density at radius 3 is 2.58 bits per heavy atom. The van der Waals surface area contributed by atoms with Gasteiger partial charge in [-0.15, -0.1) is 0 Å². The lowest BCUT2D eigenvalue weighted by atomic mass is 9.97. The molecule has 3 rings (SSSR count). The van der Waals surface area contributed by atoms with Crippen LogP contribution in [0.5, 0.6) is 0 Å². The van der Waals surface area contributed by atoms with Crippen molar-refractivity contribution in [3.8, 4) is 0 Å². The van der Waals surface area contributed by atoms with E-state index in [9.17, 15) is 17.6 Å². The van der Waals surface area contributed by atoms with Gasteiger partial charge in [-0.3, -0.25) is 4.79 Å². The first-order valence-electron chi connectivity index (χ1n) is 9.14. The van der Waals surface area contributed by atoms with Crippen molar-refractivity contribution >= 4 is 15.9 Å². The van der Waals surface area contributed by atoms with Crippen molar-refractivity contribution in [3.05, 3.63) is 30.1 Å². The van der Waals surface area contributed by atoms with Gasteiger partial charge in [0.05, 0.1) is 10.8 Å². The van der Waals surface area contributed by atoms with Crippen LogP contribution in [-0.2, 0) is 14.8 Å². The molecule has 1 amide bonds. The average molecular weight is 383 g/mol. The van der Waals surface area contributed by atoms with Crippen molar-refractivity contribution < 1.29 is 17.6 Å². The molecule has 0 radical (unpaired) electrons. The zero-order valence-electron chi connectivity index (χ0n) is 15.0. The van der Waals surface area contributed by atoms with Crippen LogP contribution in [-0.4, -0.2) is 62.8 Å². The monoisotopic (exact) mass is 383 g/mol. The topological polar surface area (TPSA) is 69.7 Å². The van der Waals surface area contributed by atoms with Crippen molar-refractivity contribution in [2.24, 2.45) is 5.92 Å². The molecule has 26 heavy (non-hydrogen) atoms. The van der Waals surface area contributed by atoms with Crippen LogP contribution in [0.15, 0.2) is 29.2 Å². The molecule has 1 N–H and O–H groups in total. The van der Waals surface area contributed by atoms with Crippen LogP contribution in [0.1, 0.15) is 25.7 Å². The van der Waals surface area contributed by atoms with E-state index in [1.165, 1.54) is 16.4 Å². The number of likely N-dealkylation sites (N-methyl/N-ethyl adjacent to an activating group) is 1. The number of nitrogens with zero attached hydrogens (tertiary/aromatic N) is 2. The Bertz CT molecular complexity index is 739. The fourth-order valence-corrected chi connectivity index (χ4v) is 5.45. The van der Waals surface area contributed by atoms with Gasteiger partial charge in [-0.05, 0) is 57.0 Å². The summed E-state index contributed by atoms with van der Waals surface area (Å²) in [7, 11) is -1.84. The van der Waals surface area contributed by atoms with Gasteiger partial charge in [-0.25, -0.2) is 12.8 Å². The molecule has 1 aromatic rings. The van der Waals surface area contributed by atoms with E-state index in [-0.39, 0.29) is 29.3 Å². The summed E-state index contributed by atoms with van der Waals surface area (Å²) in [6.07, 6.45) is 3.33. The largest absolute Gasteiger partial charge is 0.338 e. The molecule has 2 unspecified atom stereocenters. The average Bonchev–Trinajstić information content (AvgIpc) is 3.10. The van der Waals surface area contributed by atoms with Crippen LogP contribution >= 0.6 is 0 Å². The first-order chi connectivity index (χ1) is 12.4. The first-order valence-corrected chi connectivity index (χ1v) is 10.6. The second-order valence-corrected chi connectivity index (χ2v) is 8.98. The molecule has 8 heteroatoms. The lowest BCUT2D eigenvalue weighted by Crippen LogP contribution is -2.49. The summed E-state index contributed by atoms with van der Waals surface area (Å²) in [6, 6.07) is 5.04. The molecule has 2 fully saturated rings. The van der Waals surface area contributed by atoms with E-state index in [2.05, 4.69) is 5.32 Å². The Morgan fingerprint density at radius 1 is 1.19 bits per heavy atom. The predicted molar refractivity (Wildman–Crippen MR) is 96.5 cm³/mol. The summed E-state index contributed by atoms with van der Waals surface area (Å²) in [5.41, 5.74) is 0. The molecule has 1 aromatic carbocycles. The summed E-state index contributed by atoms with van der Waals surface area (Å²) < 4.78 is 40.1. The number of hydrogen-bond acceptors (Lipinski definition) is 4. The highest BCUT2D eigenvalue weighted by Crippen LogP contribution is 2.27. The molecule has 144 valence electrons. The zero-order valence-corrected chi connectivity index (χ0v) is 15.8. The molecule has 0 aromatic heterocycles. The molecular formula is C18H26FN3O3S. The molecule has 2 saturated heterocycles. The van der Waals surface area contributed by atoms with Gasteiger partial charge in [0.15, 0.2) is 0 Å². The highest BCUT2D eigenvalue weighted by molar-refractivity contribution is 7.89. The van der Waals surface area contributed by atoms with E-state index in [4.69, 9.17) is 0 Å². The van der Waals surface area contributed by atoms with E-state index in [1.54, 1.807) is 0 Å². The standard InChI is InChI=1S/C18H26FN3O3S/c1-20-12-16-5-3-11-22(16)18(23)14-4-2-10-21(13-14)26(24,25)17-8-6-15(19)7-9-17/h6-9,14,16,20H,2-5,10-13H2,1H3. The van der Waals surface area contributed by atoms with Crippen molar-refractivity contribution in [1.82, 2.24) is 14.5 Å². The lowest BCUT2D eigenvalue weighted by Gasteiger charge is -2.35. The summed E-state index contributed by atoms with van der Waals surface area (Å²) in [5.74, 6) is -0.724. The maximum Gasteiger partial charge on any atom is 0.243 e. The van der Waals surface area contributed by atoms with Crippen molar-refractivity contribution in [3.63, 3.8) is 0 Å². The molecule has 2 atom stereocenters. The fourth-order valence-electron chi connectivity index (χ4n) is 3.93. The molecule has 0 saturated carbocycles. The second-order valence-electron chi connectivity index (χ2n) is 7.04. The van der Waals surface area contributed by atoms with Crippen LogP contribution in [0.2, 0.25) is 0 Å². The fraction of sp³-hybridized carbons (Fsp3) is 0.611. The quantitative estimate of drug-likeness (QED) is 0.835. The SMILES string of the molecule is CNCC1CCCN1C(=O)C1CCCN(S(=O)(=O)c2ccc(F)cc2)C1. The number of benzene rings is 1. The zero-order chi connectivity index (χ0) is 18.7. The minimum atomic E-state index is -3.71. The smallest absolute Gasteiger partial charge is 0.243 e. The number of amides is 1. The molecule has 0 spiro atoms. The number of sulfonamides is 1. The predicted octanol–water partition coefficient (Wildman–Crippen LogP) is 1.44. The van der Waals surface area contributed by atoms with E-state index < -0.39 is 15.8 Å². The maximum atomic E-state index is 13.1. The highest BCUT2D eigenvalue weighted by Gasteiger charge is 2.38. The van der Waals surface area contributed by atoms with Crippen molar-refractivity contribution in [2.45, 2.75) is 36.6 Å². The van der Waals surface area contributed by atoms with Crippen LogP contribution in [0, 0.1) is 11.7 Å². The van der Waals surface area contributed by atoms with Crippen LogP contribution in [0.4, 0.5) is 4.39 Å². The third kappa shape index (κ3) is 3.92. The Morgan fingerprint density at radius 2 is 1.88 bits per heavy atom. The number of rotatable bonds is 5. The Kier molecular flexibility index (Phi) is 5.94. The Hall–Kier alpha value is -1.51. The van der Waals surface area contributed by atoms with Crippen molar-refractivity contribution in [1.29, 1.82) is 0 Å². The molecular weight excluding hydrogens is 357 g/mol. The number of carbonyl (C=O) groups is 1. The molecule has 6 nitrogen and oxygen atoms in total. The first kappa shape index (κ1) is 19.3. The minimum absolute atomic E-state index is 0.0572. The number of likely N-dealkylation sites (tertiary alicyclic amines) is 1. The summed E-state index contributed by atoms with van der Waals surface area (Å²) in [4.78, 5) is 14.9. The minimum Gasteiger partial charge on any atom is -0.338 e. The van der Waals surface area contributed by atoms with Gasteiger partial charge in [-0.2, -0.15) is 4.31 Å². The number of carbonyl (C=O) groups excluding carboxylic acids is 1. The van der Waals surface area contributed by atoms with Crippen LogP contribution < -0.4 is 5.32 Å². The van der Waals surface area contributed by atoms with Crippen LogP contribution in [0.25, 0.3) is 0 Å². The molecule has 0 aliphatic carbocycles. The molecule has 0 bridgehead atoms. The van der Waals surface area contributed by atoms with Gasteiger partial charge >= 0.3 is 0 Å². The summed E-state index contributed by atoms with van der Waals surface area (Å²) >= 11 is 0. The number of piperidine rings is 1. The maximum absolute atomic E-state index is 13.1. The molecule has 2 aliphatic rings. The van der Waals surface area contributed by atoms with Crippen molar-refractivity contribution in [2.75, 3.05) is 33.2 Å². The van der Waals surface area contributed by atoms with E-state index in [1.807, 2.05) is 11.9 Å². The van der Waals surface area contributed by atoms with E-state index >= 15 is 0 Å². The van der Waals surface area contributed by atoms with E-state index in [0.29, 0.717) is 19.4 Å². The van der Waals surface area contributed by atoms with Crippen LogP contribution in [0.3, 0.4) is 0 Å². The van der Waals surface area contributed by atoms with E-state index in [0.717, 1.165) is 38.1 Å². The Labute approximate surface area is 154 Å². The normalized spacial score (nSPS) is 24.8. The van der Waals surface area contributed by atoms with Gasteiger partial charge in [0.2, 0.25) is 15.9 Å². The third-order valence-electron chi connectivity index (χ3n) is 5.28. The number of nitrogens with one attached hydrogen (secondary N) is 1. The van der Waals surface area contributed by atoms with Gasteiger partial charge in [0, 0.05) is 32.2 Å². The third-order valence-corrected chi connectivity index (χ3v) is 7.16. The second kappa shape index (κ2) is 8.02. The van der Waals surface area contributed by atoms with Gasteiger partial charge in [0.25, 0.3) is 0 Å².